The van der Waals surface area contributed by atoms with Crippen molar-refractivity contribution in [1.82, 2.24) is 4.90 Å². The van der Waals surface area contributed by atoms with Crippen LogP contribution < -0.4 is 10.1 Å². The summed E-state index contributed by atoms with van der Waals surface area (Å²) in [6.45, 7) is 7.55. The highest BCUT2D eigenvalue weighted by atomic mass is 16.5. The molecule has 0 bridgehead atoms. The van der Waals surface area contributed by atoms with E-state index in [0.717, 1.165) is 0 Å². The van der Waals surface area contributed by atoms with Gasteiger partial charge in [0.15, 0.2) is 12.4 Å². The van der Waals surface area contributed by atoms with Gasteiger partial charge >= 0.3 is 0 Å². The predicted molar refractivity (Wildman–Crippen MR) is 119 cm³/mol. The van der Waals surface area contributed by atoms with Crippen molar-refractivity contribution in [2.24, 2.45) is 5.92 Å². The van der Waals surface area contributed by atoms with E-state index in [1.807, 2.05) is 29.2 Å². The molecule has 162 valence electrons. The minimum atomic E-state index is -0.223. The fourth-order valence-corrected chi connectivity index (χ4v) is 4.11. The second-order valence-corrected chi connectivity index (χ2v) is 9.31. The van der Waals surface area contributed by atoms with Gasteiger partial charge in [0.1, 0.15) is 5.75 Å². The predicted octanol–water partition coefficient (Wildman–Crippen LogP) is 4.05. The second-order valence-electron chi connectivity index (χ2n) is 9.31. The van der Waals surface area contributed by atoms with Crippen LogP contribution in [0.3, 0.4) is 0 Å². The Bertz CT molecular complexity index is 1010. The van der Waals surface area contributed by atoms with Gasteiger partial charge in [-0.3, -0.25) is 14.4 Å². The minimum Gasteiger partial charge on any atom is -0.482 e. The summed E-state index contributed by atoms with van der Waals surface area (Å²) < 4.78 is 5.36. The number of nitrogens with zero attached hydrogens (tertiary/aromatic N) is 1. The van der Waals surface area contributed by atoms with Crippen molar-refractivity contribution in [2.45, 2.75) is 39.0 Å². The summed E-state index contributed by atoms with van der Waals surface area (Å²) in [5, 5.41) is 2.74. The summed E-state index contributed by atoms with van der Waals surface area (Å²) in [6.07, 6.45) is 1.26. The van der Waals surface area contributed by atoms with E-state index in [1.165, 1.54) is 5.56 Å². The molecule has 6 nitrogen and oxygen atoms in total. The zero-order valence-electron chi connectivity index (χ0n) is 18.2. The lowest BCUT2D eigenvalue weighted by molar-refractivity contribution is -0.118. The summed E-state index contributed by atoms with van der Waals surface area (Å²) in [5.41, 5.74) is 3.02. The van der Waals surface area contributed by atoms with E-state index in [0.29, 0.717) is 48.5 Å². The summed E-state index contributed by atoms with van der Waals surface area (Å²) in [7, 11) is 0. The van der Waals surface area contributed by atoms with Gasteiger partial charge in [0.05, 0.1) is 5.69 Å². The first kappa shape index (κ1) is 21.1. The normalized spacial score (nSPS) is 16.9. The van der Waals surface area contributed by atoms with E-state index in [9.17, 15) is 14.4 Å². The lowest BCUT2D eigenvalue weighted by atomic mass is 9.86. The van der Waals surface area contributed by atoms with Gasteiger partial charge in [-0.1, -0.05) is 32.9 Å². The standard InChI is InChI=1S/C25H28N2O4/c1-25(2,3)19-7-4-17(5-8-19)24(30)27-12-10-16(11-13-27)23(29)18-6-9-21-20(14-18)26-22(28)15-31-21/h4-9,14,16H,10-13,15H2,1-3H3,(H,26,28). The Morgan fingerprint density at radius 1 is 1.00 bits per heavy atom. The second kappa shape index (κ2) is 8.17. The number of carbonyl (C=O) groups is 3. The van der Waals surface area contributed by atoms with Crippen LogP contribution in [-0.4, -0.2) is 42.2 Å². The molecule has 0 aromatic heterocycles. The Morgan fingerprint density at radius 3 is 2.29 bits per heavy atom. The van der Waals surface area contributed by atoms with Crippen molar-refractivity contribution >= 4 is 23.3 Å². The zero-order chi connectivity index (χ0) is 22.2. The van der Waals surface area contributed by atoms with Gasteiger partial charge in [-0.25, -0.2) is 0 Å². The fraction of sp³-hybridized carbons (Fsp3) is 0.400. The molecule has 0 spiro atoms. The summed E-state index contributed by atoms with van der Waals surface area (Å²) in [6, 6.07) is 13.0. The number of carbonyl (C=O) groups excluding carboxylic acids is 3. The quantitative estimate of drug-likeness (QED) is 0.760. The third kappa shape index (κ3) is 4.48. The zero-order valence-corrected chi connectivity index (χ0v) is 18.2. The van der Waals surface area contributed by atoms with Crippen LogP contribution >= 0.6 is 0 Å². The van der Waals surface area contributed by atoms with Gasteiger partial charge < -0.3 is 15.0 Å². The number of Topliss-reactive ketones (excluding diaryl/α,β-unsaturated/α-hetero) is 1. The molecule has 0 radical (unpaired) electrons. The summed E-state index contributed by atoms with van der Waals surface area (Å²) in [4.78, 5) is 39.2. The third-order valence-corrected chi connectivity index (χ3v) is 6.05. The first-order valence-corrected chi connectivity index (χ1v) is 10.7. The molecule has 2 aromatic carbocycles. The molecule has 0 saturated carbocycles. The van der Waals surface area contributed by atoms with Crippen molar-refractivity contribution in [3.05, 3.63) is 59.2 Å². The third-order valence-electron chi connectivity index (χ3n) is 6.05. The fourth-order valence-electron chi connectivity index (χ4n) is 4.11. The van der Waals surface area contributed by atoms with Crippen molar-refractivity contribution in [1.29, 1.82) is 0 Å². The molecule has 0 atom stereocenters. The molecule has 0 aliphatic carbocycles. The number of hydrogen-bond acceptors (Lipinski definition) is 4. The number of likely N-dealkylation sites (tertiary alicyclic amines) is 1. The first-order chi connectivity index (χ1) is 14.7. The summed E-state index contributed by atoms with van der Waals surface area (Å²) >= 11 is 0. The lowest BCUT2D eigenvalue weighted by Crippen LogP contribution is -2.40. The number of benzene rings is 2. The van der Waals surface area contributed by atoms with Gasteiger partial charge in [-0.15, -0.1) is 0 Å². The highest BCUT2D eigenvalue weighted by Gasteiger charge is 2.29. The number of hydrogen-bond donors (Lipinski definition) is 1. The van der Waals surface area contributed by atoms with Gasteiger partial charge in [0.25, 0.3) is 11.8 Å². The Morgan fingerprint density at radius 2 is 1.65 bits per heavy atom. The highest BCUT2D eigenvalue weighted by Crippen LogP contribution is 2.31. The van der Waals surface area contributed by atoms with E-state index in [4.69, 9.17) is 4.74 Å². The molecular weight excluding hydrogens is 392 g/mol. The molecule has 2 heterocycles. The monoisotopic (exact) mass is 420 g/mol. The maximum atomic E-state index is 13.0. The number of ketones is 1. The average molecular weight is 421 g/mol. The van der Waals surface area contributed by atoms with E-state index in [2.05, 4.69) is 26.1 Å². The maximum absolute atomic E-state index is 13.0. The van der Waals surface area contributed by atoms with Gasteiger partial charge in [0, 0.05) is 30.1 Å². The Hall–Kier alpha value is -3.15. The number of nitrogens with one attached hydrogen (secondary N) is 1. The van der Waals surface area contributed by atoms with Crippen LogP contribution in [0.2, 0.25) is 0 Å². The number of piperidine rings is 1. The summed E-state index contributed by atoms with van der Waals surface area (Å²) in [5.74, 6) is 0.281. The van der Waals surface area contributed by atoms with Crippen molar-refractivity contribution in [3.63, 3.8) is 0 Å². The Kier molecular flexibility index (Phi) is 5.56. The molecule has 2 aromatic rings. The van der Waals surface area contributed by atoms with Gasteiger partial charge in [-0.2, -0.15) is 0 Å². The van der Waals surface area contributed by atoms with Crippen LogP contribution in [0, 0.1) is 5.92 Å². The van der Waals surface area contributed by atoms with Crippen LogP contribution in [0.4, 0.5) is 5.69 Å². The molecule has 31 heavy (non-hydrogen) atoms. The molecule has 1 fully saturated rings. The Balaban J connectivity index is 1.38. The van der Waals surface area contributed by atoms with E-state index in [-0.39, 0.29) is 35.5 Å². The first-order valence-electron chi connectivity index (χ1n) is 10.7. The molecule has 4 rings (SSSR count). The number of rotatable bonds is 3. The lowest BCUT2D eigenvalue weighted by Gasteiger charge is -2.31. The molecule has 0 unspecified atom stereocenters. The number of ether oxygens (including phenoxy) is 1. The van der Waals surface area contributed by atoms with Crippen LogP contribution in [0.5, 0.6) is 5.75 Å². The van der Waals surface area contributed by atoms with E-state index in [1.54, 1.807) is 18.2 Å². The molecule has 2 aliphatic rings. The highest BCUT2D eigenvalue weighted by molar-refractivity contribution is 6.02. The topological polar surface area (TPSA) is 75.7 Å². The average Bonchev–Trinajstić information content (AvgIpc) is 2.77. The van der Waals surface area contributed by atoms with Crippen LogP contribution in [0.1, 0.15) is 59.9 Å². The Labute approximate surface area is 182 Å². The van der Waals surface area contributed by atoms with Gasteiger partial charge in [0.2, 0.25) is 0 Å². The minimum absolute atomic E-state index is 0.00822. The number of fused-ring (bicyclic) bond motifs is 1. The molecular formula is C25H28N2O4. The van der Waals surface area contributed by atoms with Gasteiger partial charge in [-0.05, 0) is 54.2 Å². The van der Waals surface area contributed by atoms with E-state index >= 15 is 0 Å². The van der Waals surface area contributed by atoms with Crippen LogP contribution in [-0.2, 0) is 10.2 Å². The van der Waals surface area contributed by atoms with Crippen molar-refractivity contribution in [3.8, 4) is 5.75 Å². The molecule has 2 aliphatic heterocycles. The molecule has 6 heteroatoms. The van der Waals surface area contributed by atoms with Crippen molar-refractivity contribution in [2.75, 3.05) is 25.0 Å². The largest absolute Gasteiger partial charge is 0.482 e. The molecule has 1 N–H and O–H groups in total. The van der Waals surface area contributed by atoms with Crippen molar-refractivity contribution < 1.29 is 19.1 Å². The smallest absolute Gasteiger partial charge is 0.262 e. The molecule has 1 saturated heterocycles. The molecule has 2 amide bonds. The number of amides is 2. The van der Waals surface area contributed by atoms with E-state index < -0.39 is 0 Å². The maximum Gasteiger partial charge on any atom is 0.262 e. The van der Waals surface area contributed by atoms with Crippen LogP contribution in [0.15, 0.2) is 42.5 Å². The van der Waals surface area contributed by atoms with Crippen LogP contribution in [0.25, 0.3) is 0 Å². The number of anilines is 1. The SMILES string of the molecule is CC(C)(C)c1ccc(C(=O)N2CCC(C(=O)c3ccc4c(c3)NC(=O)CO4)CC2)cc1.